The second kappa shape index (κ2) is 4.78. The van der Waals surface area contributed by atoms with Crippen LogP contribution in [0.2, 0.25) is 0 Å². The van der Waals surface area contributed by atoms with Gasteiger partial charge in [0.05, 0.1) is 0 Å². The molecule has 2 aromatic rings. The monoisotopic (exact) mass is 271 g/mol. The summed E-state index contributed by atoms with van der Waals surface area (Å²) in [6.45, 7) is 4.29. The Morgan fingerprint density at radius 3 is 2.58 bits per heavy atom. The van der Waals surface area contributed by atoms with Gasteiger partial charge in [-0.3, -0.25) is 5.43 Å². The van der Waals surface area contributed by atoms with Crippen molar-refractivity contribution < 1.29 is 0 Å². The maximum absolute atomic E-state index is 4.46. The van der Waals surface area contributed by atoms with Gasteiger partial charge in [0.15, 0.2) is 0 Å². The minimum atomic E-state index is 0.218. The van der Waals surface area contributed by atoms with Crippen LogP contribution < -0.4 is 5.43 Å². The maximum atomic E-state index is 4.46. The lowest BCUT2D eigenvalue weighted by atomic mass is 10.2. The predicted molar refractivity (Wildman–Crippen MR) is 81.3 cm³/mol. The van der Waals surface area contributed by atoms with Gasteiger partial charge in [0.25, 0.3) is 0 Å². The molecule has 3 rings (SSSR count). The van der Waals surface area contributed by atoms with Gasteiger partial charge in [-0.05, 0) is 19.9 Å². The second-order valence-electron chi connectivity index (χ2n) is 4.80. The van der Waals surface area contributed by atoms with Crippen molar-refractivity contribution in [2.75, 3.05) is 0 Å². The SMILES string of the molecule is Cc1cc([C@H]2NN=C(c3ccccc3)S2)c(C)n1C. The molecule has 0 spiro atoms. The Hall–Kier alpha value is -1.68. The zero-order valence-electron chi connectivity index (χ0n) is 11.3. The van der Waals surface area contributed by atoms with E-state index in [4.69, 9.17) is 0 Å². The van der Waals surface area contributed by atoms with Gasteiger partial charge in [0, 0.05) is 29.6 Å². The van der Waals surface area contributed by atoms with Crippen LogP contribution in [0, 0.1) is 13.8 Å². The van der Waals surface area contributed by atoms with Gasteiger partial charge in [-0.1, -0.05) is 42.1 Å². The average Bonchev–Trinajstić information content (AvgIpc) is 3.01. The summed E-state index contributed by atoms with van der Waals surface area (Å²) in [5.74, 6) is 0. The van der Waals surface area contributed by atoms with Crippen LogP contribution in [0.5, 0.6) is 0 Å². The number of nitrogens with one attached hydrogen (secondary N) is 1. The van der Waals surface area contributed by atoms with E-state index in [-0.39, 0.29) is 5.37 Å². The number of benzene rings is 1. The fourth-order valence-electron chi connectivity index (χ4n) is 2.28. The molecule has 19 heavy (non-hydrogen) atoms. The fraction of sp³-hybridized carbons (Fsp3) is 0.267. The molecular weight excluding hydrogens is 254 g/mol. The Morgan fingerprint density at radius 1 is 1.21 bits per heavy atom. The minimum absolute atomic E-state index is 0.218. The summed E-state index contributed by atoms with van der Waals surface area (Å²) in [4.78, 5) is 0. The molecule has 0 saturated heterocycles. The minimum Gasteiger partial charge on any atom is -0.352 e. The average molecular weight is 271 g/mol. The summed E-state index contributed by atoms with van der Waals surface area (Å²) in [5.41, 5.74) is 8.31. The predicted octanol–water partition coefficient (Wildman–Crippen LogP) is 3.34. The highest BCUT2D eigenvalue weighted by Gasteiger charge is 2.25. The van der Waals surface area contributed by atoms with Crippen molar-refractivity contribution in [3.05, 3.63) is 58.9 Å². The molecule has 1 atom stereocenters. The Bertz CT molecular complexity index is 628. The molecule has 1 N–H and O–H groups in total. The van der Waals surface area contributed by atoms with Crippen molar-refractivity contribution in [3.8, 4) is 0 Å². The summed E-state index contributed by atoms with van der Waals surface area (Å²) >= 11 is 1.78. The Kier molecular flexibility index (Phi) is 3.11. The zero-order chi connectivity index (χ0) is 13.4. The lowest BCUT2D eigenvalue weighted by Gasteiger charge is -2.09. The maximum Gasteiger partial charge on any atom is 0.126 e. The number of hydrazone groups is 1. The standard InChI is InChI=1S/C15H17N3S/c1-10-9-13(11(2)18(10)3)15-17-16-14(19-15)12-7-5-4-6-8-12/h4-9,15,17H,1-3H3/t15-/m0/s1. The molecule has 98 valence electrons. The van der Waals surface area contributed by atoms with Crippen LogP contribution in [-0.2, 0) is 7.05 Å². The number of aryl methyl sites for hydroxylation is 1. The smallest absolute Gasteiger partial charge is 0.126 e. The molecule has 1 aliphatic rings. The number of hydrogen-bond donors (Lipinski definition) is 1. The first-order valence-corrected chi connectivity index (χ1v) is 7.23. The highest BCUT2D eigenvalue weighted by molar-refractivity contribution is 8.14. The van der Waals surface area contributed by atoms with Crippen molar-refractivity contribution in [2.45, 2.75) is 19.2 Å². The van der Waals surface area contributed by atoms with E-state index in [1.807, 2.05) is 18.2 Å². The molecule has 0 fully saturated rings. The van der Waals surface area contributed by atoms with Crippen LogP contribution in [0.15, 0.2) is 41.5 Å². The third-order valence-electron chi connectivity index (χ3n) is 3.63. The third-order valence-corrected chi connectivity index (χ3v) is 4.78. The molecule has 0 radical (unpaired) electrons. The Labute approximate surface area is 117 Å². The number of aromatic nitrogens is 1. The summed E-state index contributed by atoms with van der Waals surface area (Å²) < 4.78 is 2.22. The van der Waals surface area contributed by atoms with Crippen molar-refractivity contribution in [2.24, 2.45) is 12.1 Å². The quantitative estimate of drug-likeness (QED) is 0.907. The van der Waals surface area contributed by atoms with Crippen LogP contribution in [0.3, 0.4) is 0 Å². The normalized spacial score (nSPS) is 18.3. The fourth-order valence-corrected chi connectivity index (χ4v) is 3.35. The van der Waals surface area contributed by atoms with E-state index in [0.29, 0.717) is 0 Å². The number of thioether (sulfide) groups is 1. The molecule has 4 heteroatoms. The molecule has 3 nitrogen and oxygen atoms in total. The van der Waals surface area contributed by atoms with Gasteiger partial charge in [0.2, 0.25) is 0 Å². The highest BCUT2D eigenvalue weighted by atomic mass is 32.2. The van der Waals surface area contributed by atoms with E-state index >= 15 is 0 Å². The third kappa shape index (κ3) is 2.16. The molecule has 1 aliphatic heterocycles. The summed E-state index contributed by atoms with van der Waals surface area (Å²) in [5, 5.41) is 5.74. The number of rotatable bonds is 2. The molecule has 1 aromatic heterocycles. The molecule has 0 unspecified atom stereocenters. The van der Waals surface area contributed by atoms with Gasteiger partial charge in [-0.2, -0.15) is 5.10 Å². The van der Waals surface area contributed by atoms with Crippen LogP contribution in [-0.4, -0.2) is 9.61 Å². The highest BCUT2D eigenvalue weighted by Crippen LogP contribution is 2.36. The van der Waals surface area contributed by atoms with Gasteiger partial charge >= 0.3 is 0 Å². The van der Waals surface area contributed by atoms with Gasteiger partial charge < -0.3 is 4.57 Å². The van der Waals surface area contributed by atoms with Crippen LogP contribution in [0.1, 0.15) is 27.9 Å². The van der Waals surface area contributed by atoms with Crippen LogP contribution in [0.25, 0.3) is 0 Å². The van der Waals surface area contributed by atoms with E-state index in [0.717, 1.165) is 5.04 Å². The van der Waals surface area contributed by atoms with Crippen molar-refractivity contribution in [1.82, 2.24) is 9.99 Å². The summed E-state index contributed by atoms with van der Waals surface area (Å²) in [6, 6.07) is 12.5. The van der Waals surface area contributed by atoms with Gasteiger partial charge in [-0.15, -0.1) is 0 Å². The molecular formula is C15H17N3S. The van der Waals surface area contributed by atoms with E-state index < -0.39 is 0 Å². The van der Waals surface area contributed by atoms with Gasteiger partial charge in [0.1, 0.15) is 10.4 Å². The van der Waals surface area contributed by atoms with E-state index in [1.54, 1.807) is 11.8 Å². The molecule has 0 amide bonds. The molecule has 0 saturated carbocycles. The Balaban J connectivity index is 1.83. The summed E-state index contributed by atoms with van der Waals surface area (Å²) in [6.07, 6.45) is 0. The first-order chi connectivity index (χ1) is 9.16. The first kappa shape index (κ1) is 12.4. The molecule has 2 heterocycles. The summed E-state index contributed by atoms with van der Waals surface area (Å²) in [7, 11) is 2.10. The lowest BCUT2D eigenvalue weighted by molar-refractivity contribution is 0.732. The second-order valence-corrected chi connectivity index (χ2v) is 5.89. The zero-order valence-corrected chi connectivity index (χ0v) is 12.2. The van der Waals surface area contributed by atoms with E-state index in [2.05, 4.69) is 54.2 Å². The van der Waals surface area contributed by atoms with E-state index in [1.165, 1.54) is 22.5 Å². The van der Waals surface area contributed by atoms with E-state index in [9.17, 15) is 0 Å². The largest absolute Gasteiger partial charge is 0.352 e. The molecule has 1 aromatic carbocycles. The number of hydrogen-bond acceptors (Lipinski definition) is 3. The molecule has 0 aliphatic carbocycles. The van der Waals surface area contributed by atoms with Crippen LogP contribution >= 0.6 is 11.8 Å². The van der Waals surface area contributed by atoms with Crippen LogP contribution in [0.4, 0.5) is 0 Å². The topological polar surface area (TPSA) is 29.3 Å². The lowest BCUT2D eigenvalue weighted by Crippen LogP contribution is -2.07. The van der Waals surface area contributed by atoms with Crippen molar-refractivity contribution in [1.29, 1.82) is 0 Å². The van der Waals surface area contributed by atoms with Crippen molar-refractivity contribution >= 4 is 16.8 Å². The molecule has 0 bridgehead atoms. The number of nitrogens with zero attached hydrogens (tertiary/aromatic N) is 2. The first-order valence-electron chi connectivity index (χ1n) is 6.35. The van der Waals surface area contributed by atoms with Gasteiger partial charge in [-0.25, -0.2) is 0 Å². The Morgan fingerprint density at radius 2 is 1.95 bits per heavy atom. The van der Waals surface area contributed by atoms with Crippen molar-refractivity contribution in [3.63, 3.8) is 0 Å².